The quantitative estimate of drug-likeness (QED) is 0.417. The number of sulfonamides is 1. The van der Waals surface area contributed by atoms with E-state index in [0.717, 1.165) is 5.56 Å². The van der Waals surface area contributed by atoms with Crippen molar-refractivity contribution in [1.82, 2.24) is 14.5 Å². The van der Waals surface area contributed by atoms with Crippen LogP contribution < -0.4 is 5.32 Å². The summed E-state index contributed by atoms with van der Waals surface area (Å²) in [5.74, 6) is -0.357. The van der Waals surface area contributed by atoms with Crippen LogP contribution in [0.4, 0.5) is 6.01 Å². The minimum atomic E-state index is -3.72. The summed E-state index contributed by atoms with van der Waals surface area (Å²) in [6.07, 6.45) is 0. The third-order valence-electron chi connectivity index (χ3n) is 4.82. The van der Waals surface area contributed by atoms with Crippen molar-refractivity contribution in [2.45, 2.75) is 11.4 Å². The molecule has 4 aromatic rings. The molecule has 1 amide bonds. The van der Waals surface area contributed by atoms with Gasteiger partial charge in [-0.05, 0) is 42.0 Å². The molecule has 8 nitrogen and oxygen atoms in total. The van der Waals surface area contributed by atoms with Crippen LogP contribution in [0.2, 0.25) is 5.02 Å². The number of benzene rings is 3. The van der Waals surface area contributed by atoms with E-state index in [4.69, 9.17) is 16.0 Å². The molecular weight excluding hydrogens is 464 g/mol. The summed E-state index contributed by atoms with van der Waals surface area (Å²) in [5.41, 5.74) is 1.65. The van der Waals surface area contributed by atoms with E-state index in [1.54, 1.807) is 24.3 Å². The van der Waals surface area contributed by atoms with Gasteiger partial charge in [0.25, 0.3) is 11.8 Å². The Kier molecular flexibility index (Phi) is 6.55. The zero-order valence-corrected chi connectivity index (χ0v) is 19.0. The molecule has 0 saturated heterocycles. The maximum Gasteiger partial charge on any atom is 0.322 e. The molecule has 0 unspecified atom stereocenters. The summed E-state index contributed by atoms with van der Waals surface area (Å²) in [7, 11) is -2.21. The predicted octanol–water partition coefficient (Wildman–Crippen LogP) is 4.46. The molecule has 0 bridgehead atoms. The van der Waals surface area contributed by atoms with Gasteiger partial charge in [-0.2, -0.15) is 4.31 Å². The molecule has 1 heterocycles. The number of amides is 1. The van der Waals surface area contributed by atoms with E-state index in [0.29, 0.717) is 10.6 Å². The summed E-state index contributed by atoms with van der Waals surface area (Å²) >= 11 is 6.12. The van der Waals surface area contributed by atoms with Crippen molar-refractivity contribution in [2.24, 2.45) is 0 Å². The van der Waals surface area contributed by atoms with E-state index in [2.05, 4.69) is 15.5 Å². The van der Waals surface area contributed by atoms with Gasteiger partial charge in [-0.1, -0.05) is 59.2 Å². The third-order valence-corrected chi connectivity index (χ3v) is 6.97. The molecule has 0 atom stereocenters. The van der Waals surface area contributed by atoms with Gasteiger partial charge >= 0.3 is 6.01 Å². The predicted molar refractivity (Wildman–Crippen MR) is 124 cm³/mol. The maximum atomic E-state index is 12.9. The fourth-order valence-corrected chi connectivity index (χ4v) is 4.45. The van der Waals surface area contributed by atoms with Gasteiger partial charge in [-0.15, -0.1) is 5.10 Å². The number of hydrogen-bond donors (Lipinski definition) is 1. The number of aromatic nitrogens is 2. The van der Waals surface area contributed by atoms with Gasteiger partial charge in [-0.3, -0.25) is 10.1 Å². The Bertz CT molecular complexity index is 1370. The molecular formula is C23H19ClN4O4S. The summed E-state index contributed by atoms with van der Waals surface area (Å²) in [6, 6.07) is 21.7. The molecule has 0 aliphatic rings. The number of hydrogen-bond acceptors (Lipinski definition) is 6. The first kappa shape index (κ1) is 22.7. The number of nitrogens with one attached hydrogen (secondary N) is 1. The van der Waals surface area contributed by atoms with Crippen LogP contribution in [-0.4, -0.2) is 35.9 Å². The van der Waals surface area contributed by atoms with Crippen LogP contribution in [0.5, 0.6) is 0 Å². The van der Waals surface area contributed by atoms with Gasteiger partial charge in [0.1, 0.15) is 0 Å². The first-order valence-electron chi connectivity index (χ1n) is 9.84. The van der Waals surface area contributed by atoms with Gasteiger partial charge in [-0.25, -0.2) is 8.42 Å². The largest absolute Gasteiger partial charge is 0.403 e. The monoisotopic (exact) mass is 482 g/mol. The lowest BCUT2D eigenvalue weighted by molar-refractivity contribution is 0.102. The molecule has 1 aromatic heterocycles. The van der Waals surface area contributed by atoms with Crippen molar-refractivity contribution in [1.29, 1.82) is 0 Å². The van der Waals surface area contributed by atoms with Gasteiger partial charge in [0.2, 0.25) is 10.0 Å². The minimum absolute atomic E-state index is 0.0799. The molecule has 1 N–H and O–H groups in total. The van der Waals surface area contributed by atoms with E-state index < -0.39 is 15.9 Å². The number of rotatable bonds is 7. The number of carbonyl (C=O) groups is 1. The average molecular weight is 483 g/mol. The molecule has 33 heavy (non-hydrogen) atoms. The summed E-state index contributed by atoms with van der Waals surface area (Å²) in [5, 5.41) is 10.6. The Hall–Kier alpha value is -3.53. The minimum Gasteiger partial charge on any atom is -0.403 e. The van der Waals surface area contributed by atoms with Gasteiger partial charge < -0.3 is 4.42 Å². The Morgan fingerprint density at radius 1 is 0.970 bits per heavy atom. The van der Waals surface area contributed by atoms with Crippen molar-refractivity contribution in [2.75, 3.05) is 12.4 Å². The Morgan fingerprint density at radius 2 is 1.64 bits per heavy atom. The Morgan fingerprint density at radius 3 is 2.33 bits per heavy atom. The highest BCUT2D eigenvalue weighted by Crippen LogP contribution is 2.27. The normalized spacial score (nSPS) is 11.5. The lowest BCUT2D eigenvalue weighted by Gasteiger charge is -2.17. The van der Waals surface area contributed by atoms with E-state index in [1.165, 1.54) is 35.6 Å². The van der Waals surface area contributed by atoms with Gasteiger partial charge in [0.15, 0.2) is 0 Å². The molecule has 10 heteroatoms. The van der Waals surface area contributed by atoms with Crippen LogP contribution in [0.15, 0.2) is 88.2 Å². The van der Waals surface area contributed by atoms with Crippen LogP contribution in [0, 0.1) is 0 Å². The third kappa shape index (κ3) is 5.11. The van der Waals surface area contributed by atoms with E-state index in [-0.39, 0.29) is 28.9 Å². The van der Waals surface area contributed by atoms with Crippen molar-refractivity contribution in [3.05, 3.63) is 95.0 Å². The number of halogens is 1. The molecule has 0 saturated carbocycles. The van der Waals surface area contributed by atoms with Crippen LogP contribution >= 0.6 is 11.6 Å². The highest BCUT2D eigenvalue weighted by Gasteiger charge is 2.22. The van der Waals surface area contributed by atoms with Gasteiger partial charge in [0, 0.05) is 19.2 Å². The fourth-order valence-electron chi connectivity index (χ4n) is 3.07. The SMILES string of the molecule is CN(Cc1ccccc1)S(=O)(=O)c1ccc(C(=O)Nc2nnc(-c3ccccc3Cl)o2)cc1. The molecule has 0 aliphatic heterocycles. The van der Waals surface area contributed by atoms with Crippen molar-refractivity contribution in [3.63, 3.8) is 0 Å². The Labute approximate surface area is 195 Å². The van der Waals surface area contributed by atoms with Crippen LogP contribution in [0.1, 0.15) is 15.9 Å². The smallest absolute Gasteiger partial charge is 0.322 e. The standard InChI is InChI=1S/C23H19ClN4O4S/c1-28(15-16-7-3-2-4-8-16)33(30,31)18-13-11-17(12-14-18)21(29)25-23-27-26-22(32-23)19-9-5-6-10-20(19)24/h2-14H,15H2,1H3,(H,25,27,29). The molecule has 0 radical (unpaired) electrons. The highest BCUT2D eigenvalue weighted by atomic mass is 35.5. The molecule has 0 spiro atoms. The first-order valence-corrected chi connectivity index (χ1v) is 11.7. The summed E-state index contributed by atoms with van der Waals surface area (Å²) < 4.78 is 32.4. The molecule has 4 rings (SSSR count). The number of carbonyl (C=O) groups excluding carboxylic acids is 1. The lowest BCUT2D eigenvalue weighted by atomic mass is 10.2. The molecule has 0 fully saturated rings. The molecule has 0 aliphatic carbocycles. The second-order valence-electron chi connectivity index (χ2n) is 7.12. The highest BCUT2D eigenvalue weighted by molar-refractivity contribution is 7.89. The second-order valence-corrected chi connectivity index (χ2v) is 9.57. The van der Waals surface area contributed by atoms with Crippen molar-refractivity contribution in [3.8, 4) is 11.5 Å². The average Bonchev–Trinajstić information content (AvgIpc) is 3.28. The van der Waals surface area contributed by atoms with Crippen LogP contribution in [0.25, 0.3) is 11.5 Å². The number of anilines is 1. The van der Waals surface area contributed by atoms with Crippen LogP contribution in [-0.2, 0) is 16.6 Å². The number of nitrogens with zero attached hydrogens (tertiary/aromatic N) is 3. The Balaban J connectivity index is 1.45. The van der Waals surface area contributed by atoms with Crippen molar-refractivity contribution >= 4 is 33.5 Å². The van der Waals surface area contributed by atoms with E-state index in [1.807, 2.05) is 30.3 Å². The van der Waals surface area contributed by atoms with Gasteiger partial charge in [0.05, 0.1) is 15.5 Å². The second kappa shape index (κ2) is 9.53. The zero-order chi connectivity index (χ0) is 23.4. The molecule has 168 valence electrons. The maximum absolute atomic E-state index is 12.9. The van der Waals surface area contributed by atoms with E-state index >= 15 is 0 Å². The summed E-state index contributed by atoms with van der Waals surface area (Å²) in [4.78, 5) is 12.6. The first-order chi connectivity index (χ1) is 15.8. The fraction of sp³-hybridized carbons (Fsp3) is 0.0870. The molecule has 3 aromatic carbocycles. The van der Waals surface area contributed by atoms with E-state index in [9.17, 15) is 13.2 Å². The summed E-state index contributed by atoms with van der Waals surface area (Å²) in [6.45, 7) is 0.232. The topological polar surface area (TPSA) is 105 Å². The lowest BCUT2D eigenvalue weighted by Crippen LogP contribution is -2.26. The van der Waals surface area contributed by atoms with Crippen molar-refractivity contribution < 1.29 is 17.6 Å². The van der Waals surface area contributed by atoms with Crippen LogP contribution in [0.3, 0.4) is 0 Å². The zero-order valence-electron chi connectivity index (χ0n) is 17.5.